The summed E-state index contributed by atoms with van der Waals surface area (Å²) >= 11 is 0. The maximum atomic E-state index is 12.7. The zero-order chi connectivity index (χ0) is 17.9. The van der Waals surface area contributed by atoms with Crippen LogP contribution in [0.3, 0.4) is 0 Å². The number of anilines is 1. The Hall–Kier alpha value is -2.83. The normalized spacial score (nSPS) is 29.3. The fourth-order valence-corrected chi connectivity index (χ4v) is 4.75. The first-order valence-corrected chi connectivity index (χ1v) is 8.98. The molecule has 0 radical (unpaired) electrons. The van der Waals surface area contributed by atoms with Gasteiger partial charge in [0.2, 0.25) is 5.76 Å². The topological polar surface area (TPSA) is 87.5 Å². The monoisotopic (exact) mass is 352 g/mol. The van der Waals surface area contributed by atoms with E-state index >= 15 is 0 Å². The van der Waals surface area contributed by atoms with Gasteiger partial charge in [0.05, 0.1) is 11.3 Å². The molecule has 1 aromatic carbocycles. The molecular weight excluding hydrogens is 332 g/mol. The van der Waals surface area contributed by atoms with Gasteiger partial charge >= 0.3 is 0 Å². The van der Waals surface area contributed by atoms with Crippen molar-refractivity contribution in [1.82, 2.24) is 15.4 Å². The van der Waals surface area contributed by atoms with Crippen molar-refractivity contribution >= 4 is 17.5 Å². The van der Waals surface area contributed by atoms with Crippen LogP contribution in [-0.2, 0) is 0 Å². The molecule has 0 bridgehead atoms. The van der Waals surface area contributed by atoms with Crippen molar-refractivity contribution in [2.24, 2.45) is 11.8 Å². The molecule has 5 rings (SSSR count). The van der Waals surface area contributed by atoms with Gasteiger partial charge in [-0.05, 0) is 37.8 Å². The Morgan fingerprint density at radius 1 is 1.31 bits per heavy atom. The lowest BCUT2D eigenvalue weighted by Crippen LogP contribution is -2.61. The van der Waals surface area contributed by atoms with Crippen LogP contribution in [0.1, 0.15) is 39.4 Å². The van der Waals surface area contributed by atoms with Crippen molar-refractivity contribution in [3.63, 3.8) is 0 Å². The summed E-state index contributed by atoms with van der Waals surface area (Å²) in [7, 11) is 0. The Bertz CT molecular complexity index is 908. The summed E-state index contributed by atoms with van der Waals surface area (Å²) in [6.07, 6.45) is 1.84. The van der Waals surface area contributed by atoms with Gasteiger partial charge in [-0.1, -0.05) is 17.3 Å². The highest BCUT2D eigenvalue weighted by molar-refractivity contribution is 6.02. The second-order valence-electron chi connectivity index (χ2n) is 7.54. The molecule has 2 fully saturated rings. The van der Waals surface area contributed by atoms with E-state index in [1.54, 1.807) is 13.0 Å². The zero-order valence-corrected chi connectivity index (χ0v) is 14.5. The molecule has 1 aromatic heterocycles. The molecule has 3 atom stereocenters. The number of nitrogens with zero attached hydrogens (tertiary/aromatic N) is 2. The number of aryl methyl sites for hydroxylation is 1. The number of amides is 2. The molecule has 3 aliphatic rings. The van der Waals surface area contributed by atoms with Crippen LogP contribution in [-0.4, -0.2) is 40.6 Å². The number of carbonyl (C=O) groups excluding carboxylic acids is 2. The van der Waals surface area contributed by atoms with Crippen LogP contribution >= 0.6 is 0 Å². The van der Waals surface area contributed by atoms with Gasteiger partial charge in [0.15, 0.2) is 0 Å². The van der Waals surface area contributed by atoms with E-state index in [9.17, 15) is 9.59 Å². The largest absolute Gasteiger partial charge is 0.362 e. The van der Waals surface area contributed by atoms with E-state index in [2.05, 4.69) is 15.8 Å². The van der Waals surface area contributed by atoms with Gasteiger partial charge in [0.25, 0.3) is 11.8 Å². The molecule has 2 aliphatic heterocycles. The maximum Gasteiger partial charge on any atom is 0.292 e. The van der Waals surface area contributed by atoms with Crippen LogP contribution in [0, 0.1) is 18.8 Å². The lowest BCUT2D eigenvalue weighted by Gasteiger charge is -2.41. The molecule has 1 aliphatic carbocycles. The molecule has 1 saturated carbocycles. The van der Waals surface area contributed by atoms with Crippen molar-refractivity contribution in [2.75, 3.05) is 18.4 Å². The molecular formula is C19H20N4O3. The maximum absolute atomic E-state index is 12.7. The van der Waals surface area contributed by atoms with E-state index in [1.807, 2.05) is 29.2 Å². The smallest absolute Gasteiger partial charge is 0.292 e. The van der Waals surface area contributed by atoms with E-state index in [1.165, 1.54) is 0 Å². The van der Waals surface area contributed by atoms with Crippen molar-refractivity contribution < 1.29 is 14.1 Å². The molecule has 26 heavy (non-hydrogen) atoms. The Morgan fingerprint density at radius 2 is 2.15 bits per heavy atom. The van der Waals surface area contributed by atoms with E-state index < -0.39 is 5.66 Å². The second-order valence-corrected chi connectivity index (χ2v) is 7.54. The highest BCUT2D eigenvalue weighted by atomic mass is 16.5. The Morgan fingerprint density at radius 3 is 2.96 bits per heavy atom. The number of fused-ring (bicyclic) bond motifs is 3. The third kappa shape index (κ3) is 2.16. The van der Waals surface area contributed by atoms with Crippen LogP contribution in [0.4, 0.5) is 5.69 Å². The molecule has 3 heterocycles. The third-order valence-corrected chi connectivity index (χ3v) is 5.98. The molecule has 7 heteroatoms. The molecule has 1 saturated heterocycles. The summed E-state index contributed by atoms with van der Waals surface area (Å²) in [5.74, 6) is 0.643. The van der Waals surface area contributed by atoms with E-state index in [0.717, 1.165) is 18.5 Å². The van der Waals surface area contributed by atoms with E-state index in [0.29, 0.717) is 30.3 Å². The van der Waals surface area contributed by atoms with Crippen LogP contribution in [0.5, 0.6) is 0 Å². The minimum Gasteiger partial charge on any atom is -0.362 e. The summed E-state index contributed by atoms with van der Waals surface area (Å²) in [5, 5.41) is 10.6. The molecule has 2 N–H and O–H groups in total. The molecule has 1 spiro atoms. The highest BCUT2D eigenvalue weighted by Crippen LogP contribution is 2.47. The number of likely N-dealkylation sites (tertiary alicyclic amines) is 1. The van der Waals surface area contributed by atoms with Gasteiger partial charge in [-0.15, -0.1) is 0 Å². The van der Waals surface area contributed by atoms with E-state index in [-0.39, 0.29) is 23.5 Å². The van der Waals surface area contributed by atoms with Gasteiger partial charge in [0.1, 0.15) is 5.66 Å². The Kier molecular flexibility index (Phi) is 3.16. The lowest BCUT2D eigenvalue weighted by molar-refractivity contribution is 0.0727. The predicted molar refractivity (Wildman–Crippen MR) is 93.6 cm³/mol. The Labute approximate surface area is 150 Å². The van der Waals surface area contributed by atoms with E-state index in [4.69, 9.17) is 4.52 Å². The van der Waals surface area contributed by atoms with Crippen molar-refractivity contribution in [3.8, 4) is 0 Å². The van der Waals surface area contributed by atoms with Crippen LogP contribution < -0.4 is 10.6 Å². The number of carbonyl (C=O) groups is 2. The first kappa shape index (κ1) is 15.4. The molecule has 0 unspecified atom stereocenters. The van der Waals surface area contributed by atoms with Gasteiger partial charge in [-0.25, -0.2) is 0 Å². The highest BCUT2D eigenvalue weighted by Gasteiger charge is 2.55. The average molecular weight is 352 g/mol. The molecule has 2 aromatic rings. The second kappa shape index (κ2) is 5.33. The number of aromatic nitrogens is 1. The Balaban J connectivity index is 1.41. The number of hydrogen-bond donors (Lipinski definition) is 2. The van der Waals surface area contributed by atoms with Crippen molar-refractivity contribution in [1.29, 1.82) is 0 Å². The number of hydrogen-bond acceptors (Lipinski definition) is 5. The zero-order valence-electron chi connectivity index (χ0n) is 14.5. The first-order chi connectivity index (χ1) is 12.6. The summed E-state index contributed by atoms with van der Waals surface area (Å²) in [6, 6.07) is 9.24. The summed E-state index contributed by atoms with van der Waals surface area (Å²) in [4.78, 5) is 27.2. The van der Waals surface area contributed by atoms with Gasteiger partial charge in [0, 0.05) is 30.8 Å². The van der Waals surface area contributed by atoms with Crippen LogP contribution in [0.25, 0.3) is 0 Å². The lowest BCUT2D eigenvalue weighted by atomic mass is 9.89. The fraction of sp³-hybridized carbons (Fsp3) is 0.421. The van der Waals surface area contributed by atoms with Gasteiger partial charge < -0.3 is 20.1 Å². The fourth-order valence-electron chi connectivity index (χ4n) is 4.75. The van der Waals surface area contributed by atoms with Crippen LogP contribution in [0.15, 0.2) is 34.9 Å². The number of benzene rings is 1. The van der Waals surface area contributed by atoms with Crippen molar-refractivity contribution in [2.45, 2.75) is 25.4 Å². The van der Waals surface area contributed by atoms with Gasteiger partial charge in [-0.2, -0.15) is 0 Å². The molecule has 2 amide bonds. The number of para-hydroxylation sites is 1. The summed E-state index contributed by atoms with van der Waals surface area (Å²) < 4.78 is 5.13. The third-order valence-electron chi connectivity index (χ3n) is 5.98. The summed E-state index contributed by atoms with van der Waals surface area (Å²) in [6.45, 7) is 3.08. The standard InChI is InChI=1S/C19H20N4O3/c1-11-8-16(26-22-11)18(25)23-9-12-6-7-19(14(12)10-23)20-15-5-3-2-4-13(15)17(24)21-19/h2-5,8,12,14,20H,6-7,9-10H2,1H3,(H,21,24)/t12-,14+,19+/m1/s1. The predicted octanol–water partition coefficient (Wildman–Crippen LogP) is 2.02. The van der Waals surface area contributed by atoms with Gasteiger partial charge in [-0.3, -0.25) is 9.59 Å². The summed E-state index contributed by atoms with van der Waals surface area (Å²) in [5.41, 5.74) is 1.75. The number of rotatable bonds is 1. The average Bonchev–Trinajstić information content (AvgIpc) is 3.32. The van der Waals surface area contributed by atoms with Crippen molar-refractivity contribution in [3.05, 3.63) is 47.3 Å². The minimum absolute atomic E-state index is 0.0457. The SMILES string of the molecule is Cc1cc(C(=O)N2C[C@H]3CC[C@]4(NC(=O)c5ccccc5N4)[C@H]3C2)on1. The minimum atomic E-state index is -0.484. The number of nitrogens with one attached hydrogen (secondary N) is 2. The molecule has 134 valence electrons. The quantitative estimate of drug-likeness (QED) is 0.820. The first-order valence-electron chi connectivity index (χ1n) is 8.98. The van der Waals surface area contributed by atoms with Crippen LogP contribution in [0.2, 0.25) is 0 Å². The molecule has 7 nitrogen and oxygen atoms in total.